The average molecular weight is 251 g/mol. The number of rotatable bonds is 6. The van der Waals surface area contributed by atoms with E-state index in [0.717, 1.165) is 6.54 Å². The molecular formula is C13H21N3O2. The van der Waals surface area contributed by atoms with Crippen molar-refractivity contribution in [2.45, 2.75) is 26.2 Å². The summed E-state index contributed by atoms with van der Waals surface area (Å²) in [5, 5.41) is 0. The summed E-state index contributed by atoms with van der Waals surface area (Å²) >= 11 is 0. The van der Waals surface area contributed by atoms with Crippen LogP contribution in [0.3, 0.4) is 0 Å². The Morgan fingerprint density at radius 2 is 2.17 bits per heavy atom. The van der Waals surface area contributed by atoms with E-state index in [1.165, 1.54) is 19.3 Å². The van der Waals surface area contributed by atoms with Gasteiger partial charge in [0.05, 0.1) is 13.2 Å². The van der Waals surface area contributed by atoms with E-state index in [2.05, 4.69) is 9.97 Å². The van der Waals surface area contributed by atoms with Crippen LogP contribution in [-0.2, 0) is 0 Å². The van der Waals surface area contributed by atoms with Crippen LogP contribution in [0, 0.1) is 11.8 Å². The lowest BCUT2D eigenvalue weighted by molar-refractivity contribution is 0.200. The predicted molar refractivity (Wildman–Crippen MR) is 68.6 cm³/mol. The second-order valence-electron chi connectivity index (χ2n) is 4.61. The summed E-state index contributed by atoms with van der Waals surface area (Å²) in [7, 11) is 0. The molecular weight excluding hydrogens is 230 g/mol. The third-order valence-electron chi connectivity index (χ3n) is 3.45. The Hall–Kier alpha value is -1.36. The molecule has 0 aliphatic heterocycles. The molecule has 1 aliphatic carbocycles. The van der Waals surface area contributed by atoms with Gasteiger partial charge in [-0.2, -0.15) is 4.98 Å². The van der Waals surface area contributed by atoms with Crippen molar-refractivity contribution in [3.05, 3.63) is 12.3 Å². The highest BCUT2D eigenvalue weighted by Crippen LogP contribution is 2.31. The first-order chi connectivity index (χ1) is 8.83. The van der Waals surface area contributed by atoms with Crippen molar-refractivity contribution < 1.29 is 9.47 Å². The molecule has 1 aromatic rings. The topological polar surface area (TPSA) is 70.3 Å². The largest absolute Gasteiger partial charge is 0.478 e. The van der Waals surface area contributed by atoms with Gasteiger partial charge in [0, 0.05) is 12.3 Å². The van der Waals surface area contributed by atoms with Gasteiger partial charge >= 0.3 is 6.01 Å². The molecule has 0 radical (unpaired) electrons. The Balaban J connectivity index is 1.87. The second-order valence-corrected chi connectivity index (χ2v) is 4.61. The fourth-order valence-electron chi connectivity index (χ4n) is 2.45. The van der Waals surface area contributed by atoms with Crippen molar-refractivity contribution in [1.82, 2.24) is 9.97 Å². The van der Waals surface area contributed by atoms with E-state index in [0.29, 0.717) is 36.9 Å². The first-order valence-electron chi connectivity index (χ1n) is 6.62. The molecule has 100 valence electrons. The zero-order valence-corrected chi connectivity index (χ0v) is 10.8. The summed E-state index contributed by atoms with van der Waals surface area (Å²) in [5.74, 6) is 1.68. The number of aromatic nitrogens is 2. The summed E-state index contributed by atoms with van der Waals surface area (Å²) in [4.78, 5) is 8.28. The standard InChI is InChI=1S/C13H21N3O2/c1-2-17-12-6-7-15-13(16-12)18-9-11-5-3-4-10(11)8-14/h6-7,10-11H,2-5,8-9,14H2,1H3. The van der Waals surface area contributed by atoms with Gasteiger partial charge in [-0.05, 0) is 38.1 Å². The van der Waals surface area contributed by atoms with Gasteiger partial charge in [-0.15, -0.1) is 0 Å². The normalized spacial score (nSPS) is 23.0. The molecule has 1 aliphatic rings. The van der Waals surface area contributed by atoms with E-state index in [-0.39, 0.29) is 0 Å². The number of nitrogens with two attached hydrogens (primary N) is 1. The predicted octanol–water partition coefficient (Wildman–Crippen LogP) is 1.63. The summed E-state index contributed by atoms with van der Waals surface area (Å²) in [5.41, 5.74) is 5.75. The van der Waals surface area contributed by atoms with Gasteiger partial charge in [0.25, 0.3) is 0 Å². The molecule has 5 nitrogen and oxygen atoms in total. The third kappa shape index (κ3) is 3.32. The SMILES string of the molecule is CCOc1ccnc(OCC2CCCC2CN)n1. The average Bonchev–Trinajstić information content (AvgIpc) is 2.84. The lowest BCUT2D eigenvalue weighted by Crippen LogP contribution is -2.23. The maximum Gasteiger partial charge on any atom is 0.319 e. The highest BCUT2D eigenvalue weighted by Gasteiger charge is 2.26. The molecule has 1 aromatic heterocycles. The summed E-state index contributed by atoms with van der Waals surface area (Å²) in [6.45, 7) is 3.91. The van der Waals surface area contributed by atoms with Crippen LogP contribution in [0.4, 0.5) is 0 Å². The van der Waals surface area contributed by atoms with Crippen molar-refractivity contribution in [2.24, 2.45) is 17.6 Å². The molecule has 2 unspecified atom stereocenters. The molecule has 1 heterocycles. The number of hydrogen-bond donors (Lipinski definition) is 1. The van der Waals surface area contributed by atoms with Gasteiger partial charge < -0.3 is 15.2 Å². The molecule has 0 amide bonds. The minimum atomic E-state index is 0.392. The lowest BCUT2D eigenvalue weighted by atomic mass is 9.97. The summed E-state index contributed by atoms with van der Waals surface area (Å²) in [6.07, 6.45) is 5.30. The zero-order valence-electron chi connectivity index (χ0n) is 10.8. The van der Waals surface area contributed by atoms with Crippen molar-refractivity contribution in [3.63, 3.8) is 0 Å². The van der Waals surface area contributed by atoms with Crippen molar-refractivity contribution in [3.8, 4) is 11.9 Å². The van der Waals surface area contributed by atoms with Crippen molar-refractivity contribution in [2.75, 3.05) is 19.8 Å². The Kier molecular flexibility index (Phi) is 4.75. The Morgan fingerprint density at radius 1 is 1.33 bits per heavy atom. The highest BCUT2D eigenvalue weighted by atomic mass is 16.5. The summed E-state index contributed by atoms with van der Waals surface area (Å²) in [6, 6.07) is 2.12. The fraction of sp³-hybridized carbons (Fsp3) is 0.692. The molecule has 1 fully saturated rings. The van der Waals surface area contributed by atoms with Crippen LogP contribution in [0.2, 0.25) is 0 Å². The van der Waals surface area contributed by atoms with Crippen LogP contribution in [0.1, 0.15) is 26.2 Å². The van der Waals surface area contributed by atoms with Crippen LogP contribution in [0.15, 0.2) is 12.3 Å². The molecule has 0 aromatic carbocycles. The van der Waals surface area contributed by atoms with E-state index >= 15 is 0 Å². The lowest BCUT2D eigenvalue weighted by Gasteiger charge is -2.17. The van der Waals surface area contributed by atoms with Gasteiger partial charge in [-0.3, -0.25) is 0 Å². The van der Waals surface area contributed by atoms with Crippen molar-refractivity contribution in [1.29, 1.82) is 0 Å². The van der Waals surface area contributed by atoms with Gasteiger partial charge in [-0.1, -0.05) is 6.42 Å². The number of nitrogens with zero attached hydrogens (tertiary/aromatic N) is 2. The van der Waals surface area contributed by atoms with Gasteiger partial charge in [0.15, 0.2) is 0 Å². The highest BCUT2D eigenvalue weighted by molar-refractivity contribution is 5.11. The second kappa shape index (κ2) is 6.54. The molecule has 0 saturated heterocycles. The fourth-order valence-corrected chi connectivity index (χ4v) is 2.45. The molecule has 5 heteroatoms. The van der Waals surface area contributed by atoms with Gasteiger partial charge in [0.2, 0.25) is 5.88 Å². The molecule has 2 N–H and O–H groups in total. The van der Waals surface area contributed by atoms with Gasteiger partial charge in [-0.25, -0.2) is 4.98 Å². The van der Waals surface area contributed by atoms with Crippen LogP contribution < -0.4 is 15.2 Å². The van der Waals surface area contributed by atoms with Crippen LogP contribution in [0.5, 0.6) is 11.9 Å². The number of hydrogen-bond acceptors (Lipinski definition) is 5. The minimum Gasteiger partial charge on any atom is -0.478 e. The van der Waals surface area contributed by atoms with Crippen molar-refractivity contribution >= 4 is 0 Å². The molecule has 0 spiro atoms. The quantitative estimate of drug-likeness (QED) is 0.832. The van der Waals surface area contributed by atoms with Crippen LogP contribution >= 0.6 is 0 Å². The first kappa shape index (κ1) is 13.1. The zero-order chi connectivity index (χ0) is 12.8. The molecule has 18 heavy (non-hydrogen) atoms. The van der Waals surface area contributed by atoms with E-state index in [1.54, 1.807) is 12.3 Å². The first-order valence-corrected chi connectivity index (χ1v) is 6.62. The maximum absolute atomic E-state index is 5.75. The van der Waals surface area contributed by atoms with E-state index in [9.17, 15) is 0 Å². The van der Waals surface area contributed by atoms with Gasteiger partial charge in [0.1, 0.15) is 0 Å². The molecule has 1 saturated carbocycles. The van der Waals surface area contributed by atoms with Crippen LogP contribution in [0.25, 0.3) is 0 Å². The van der Waals surface area contributed by atoms with E-state index in [1.807, 2.05) is 6.92 Å². The molecule has 0 bridgehead atoms. The minimum absolute atomic E-state index is 0.392. The Morgan fingerprint density at radius 3 is 2.94 bits per heavy atom. The van der Waals surface area contributed by atoms with Crippen LogP contribution in [-0.4, -0.2) is 29.7 Å². The third-order valence-corrected chi connectivity index (χ3v) is 3.45. The monoisotopic (exact) mass is 251 g/mol. The molecule has 2 atom stereocenters. The smallest absolute Gasteiger partial charge is 0.319 e. The Labute approximate surface area is 108 Å². The van der Waals surface area contributed by atoms with E-state index < -0.39 is 0 Å². The number of ether oxygens (including phenoxy) is 2. The summed E-state index contributed by atoms with van der Waals surface area (Å²) < 4.78 is 11.0. The molecule has 2 rings (SSSR count). The Bertz CT molecular complexity index is 373. The maximum atomic E-state index is 5.75. The van der Waals surface area contributed by atoms with E-state index in [4.69, 9.17) is 15.2 Å².